The minimum atomic E-state index is 0.368. The predicted molar refractivity (Wildman–Crippen MR) is 153 cm³/mol. The summed E-state index contributed by atoms with van der Waals surface area (Å²) in [7, 11) is 0. The highest BCUT2D eigenvalue weighted by Gasteiger charge is 1.96. The van der Waals surface area contributed by atoms with Gasteiger partial charge in [-0.05, 0) is 19.3 Å². The molecular formula is C32H66O2. The maximum Gasteiger partial charge on any atom is 0.0466 e. The van der Waals surface area contributed by atoms with Crippen molar-refractivity contribution in [3.63, 3.8) is 0 Å². The van der Waals surface area contributed by atoms with Crippen molar-refractivity contribution in [3.8, 4) is 0 Å². The Bertz CT molecular complexity index is 299. The molecule has 0 heterocycles. The molecule has 0 fully saturated rings. The van der Waals surface area contributed by atoms with E-state index < -0.39 is 0 Å². The highest BCUT2D eigenvalue weighted by molar-refractivity contribution is 4.51. The van der Waals surface area contributed by atoms with Crippen molar-refractivity contribution in [3.05, 3.63) is 0 Å². The van der Waals surface area contributed by atoms with E-state index in [2.05, 4.69) is 6.92 Å². The van der Waals surface area contributed by atoms with Gasteiger partial charge in [-0.3, -0.25) is 0 Å². The molecule has 0 spiro atoms. The molecule has 0 aromatic heterocycles. The molecule has 0 saturated carbocycles. The fraction of sp³-hybridized carbons (Fsp3) is 1.00. The average molecular weight is 483 g/mol. The van der Waals surface area contributed by atoms with E-state index in [1.165, 1.54) is 173 Å². The van der Waals surface area contributed by atoms with E-state index in [9.17, 15) is 0 Å². The van der Waals surface area contributed by atoms with E-state index in [0.717, 1.165) is 19.6 Å². The van der Waals surface area contributed by atoms with Crippen molar-refractivity contribution in [1.29, 1.82) is 0 Å². The lowest BCUT2D eigenvalue weighted by Crippen LogP contribution is -1.97. The molecule has 0 bridgehead atoms. The van der Waals surface area contributed by atoms with E-state index in [1.54, 1.807) is 0 Å². The van der Waals surface area contributed by atoms with E-state index in [0.29, 0.717) is 6.61 Å². The molecule has 0 aliphatic carbocycles. The lowest BCUT2D eigenvalue weighted by Gasteiger charge is -2.05. The van der Waals surface area contributed by atoms with Crippen molar-refractivity contribution >= 4 is 0 Å². The number of ether oxygens (including phenoxy) is 1. The second kappa shape index (κ2) is 32.9. The van der Waals surface area contributed by atoms with Gasteiger partial charge < -0.3 is 9.84 Å². The first-order valence-corrected chi connectivity index (χ1v) is 16.1. The van der Waals surface area contributed by atoms with E-state index in [-0.39, 0.29) is 0 Å². The van der Waals surface area contributed by atoms with Gasteiger partial charge in [-0.2, -0.15) is 0 Å². The van der Waals surface area contributed by atoms with Crippen LogP contribution in [-0.2, 0) is 4.74 Å². The second-order valence-electron chi connectivity index (χ2n) is 10.9. The van der Waals surface area contributed by atoms with Crippen molar-refractivity contribution < 1.29 is 9.84 Å². The SMILES string of the molecule is CCCCCCCCCCCCCCCCOCCCCCCCCCCCCCCCCO. The number of unbranched alkanes of at least 4 members (excludes halogenated alkanes) is 26. The molecule has 0 saturated heterocycles. The fourth-order valence-electron chi connectivity index (χ4n) is 4.94. The van der Waals surface area contributed by atoms with Gasteiger partial charge in [-0.1, -0.05) is 167 Å². The Morgan fingerprint density at radius 1 is 0.324 bits per heavy atom. The summed E-state index contributed by atoms with van der Waals surface area (Å²) in [4.78, 5) is 0. The Hall–Kier alpha value is -0.0800. The van der Waals surface area contributed by atoms with Gasteiger partial charge in [-0.15, -0.1) is 0 Å². The van der Waals surface area contributed by atoms with Gasteiger partial charge in [0.15, 0.2) is 0 Å². The van der Waals surface area contributed by atoms with Gasteiger partial charge in [0, 0.05) is 19.8 Å². The maximum absolute atomic E-state index is 8.77. The minimum Gasteiger partial charge on any atom is -0.396 e. The number of hydrogen-bond acceptors (Lipinski definition) is 2. The molecule has 2 heteroatoms. The third-order valence-corrected chi connectivity index (χ3v) is 7.34. The first kappa shape index (κ1) is 33.9. The molecule has 1 N–H and O–H groups in total. The number of rotatable bonds is 31. The van der Waals surface area contributed by atoms with Crippen LogP contribution in [0.15, 0.2) is 0 Å². The molecule has 0 radical (unpaired) electrons. The van der Waals surface area contributed by atoms with Crippen LogP contribution in [0, 0.1) is 0 Å². The molecule has 34 heavy (non-hydrogen) atoms. The molecular weight excluding hydrogens is 416 g/mol. The average Bonchev–Trinajstić information content (AvgIpc) is 2.85. The Morgan fingerprint density at radius 2 is 0.559 bits per heavy atom. The van der Waals surface area contributed by atoms with Crippen LogP contribution in [0.4, 0.5) is 0 Å². The van der Waals surface area contributed by atoms with E-state index >= 15 is 0 Å². The molecule has 0 aromatic rings. The molecule has 0 amide bonds. The summed E-state index contributed by atoms with van der Waals surface area (Å²) in [5.41, 5.74) is 0. The maximum atomic E-state index is 8.77. The van der Waals surface area contributed by atoms with Crippen LogP contribution in [0.2, 0.25) is 0 Å². The predicted octanol–water partition coefficient (Wildman–Crippen LogP) is 10.9. The Balaban J connectivity index is 2.99. The third-order valence-electron chi connectivity index (χ3n) is 7.34. The molecule has 0 rings (SSSR count). The fourth-order valence-corrected chi connectivity index (χ4v) is 4.94. The van der Waals surface area contributed by atoms with Gasteiger partial charge in [0.25, 0.3) is 0 Å². The molecule has 206 valence electrons. The van der Waals surface area contributed by atoms with Gasteiger partial charge in [0.2, 0.25) is 0 Å². The summed E-state index contributed by atoms with van der Waals surface area (Å²) in [5.74, 6) is 0. The monoisotopic (exact) mass is 483 g/mol. The van der Waals surface area contributed by atoms with Crippen LogP contribution >= 0.6 is 0 Å². The zero-order valence-electron chi connectivity index (χ0n) is 23.8. The summed E-state index contributed by atoms with van der Waals surface area (Å²) in [6.07, 6.45) is 38.8. The molecule has 0 aromatic carbocycles. The van der Waals surface area contributed by atoms with Gasteiger partial charge in [-0.25, -0.2) is 0 Å². The first-order chi connectivity index (χ1) is 16.9. The summed E-state index contributed by atoms with van der Waals surface area (Å²) in [6.45, 7) is 4.63. The van der Waals surface area contributed by atoms with Crippen molar-refractivity contribution in [2.75, 3.05) is 19.8 Å². The van der Waals surface area contributed by atoms with E-state index in [1.807, 2.05) is 0 Å². The topological polar surface area (TPSA) is 29.5 Å². The summed E-state index contributed by atoms with van der Waals surface area (Å²) in [5, 5.41) is 8.77. The minimum absolute atomic E-state index is 0.368. The highest BCUT2D eigenvalue weighted by atomic mass is 16.5. The van der Waals surface area contributed by atoms with Gasteiger partial charge >= 0.3 is 0 Å². The first-order valence-electron chi connectivity index (χ1n) is 16.1. The summed E-state index contributed by atoms with van der Waals surface area (Å²) in [6, 6.07) is 0. The zero-order chi connectivity index (χ0) is 24.6. The summed E-state index contributed by atoms with van der Waals surface area (Å²) < 4.78 is 5.84. The summed E-state index contributed by atoms with van der Waals surface area (Å²) >= 11 is 0. The lowest BCUT2D eigenvalue weighted by atomic mass is 10.0. The number of aliphatic hydroxyl groups is 1. The van der Waals surface area contributed by atoms with Crippen molar-refractivity contribution in [2.45, 2.75) is 187 Å². The molecule has 0 unspecified atom stereocenters. The third kappa shape index (κ3) is 31.9. The van der Waals surface area contributed by atoms with Crippen LogP contribution in [-0.4, -0.2) is 24.9 Å². The molecule has 0 aliphatic heterocycles. The van der Waals surface area contributed by atoms with Gasteiger partial charge in [0.1, 0.15) is 0 Å². The highest BCUT2D eigenvalue weighted by Crippen LogP contribution is 2.14. The normalized spacial score (nSPS) is 11.5. The Labute approximate surface area is 216 Å². The largest absolute Gasteiger partial charge is 0.396 e. The Kier molecular flexibility index (Phi) is 32.8. The molecule has 0 aliphatic rings. The van der Waals surface area contributed by atoms with Crippen LogP contribution in [0.5, 0.6) is 0 Å². The van der Waals surface area contributed by atoms with Crippen LogP contribution < -0.4 is 0 Å². The standard InChI is InChI=1S/C32H66O2/c1-2-3-4-5-6-7-8-9-13-16-19-22-25-28-31-34-32-29-26-23-20-17-14-11-10-12-15-18-21-24-27-30-33/h33H,2-32H2,1H3. The smallest absolute Gasteiger partial charge is 0.0466 e. The number of aliphatic hydroxyl groups excluding tert-OH is 1. The zero-order valence-corrected chi connectivity index (χ0v) is 23.8. The molecule has 0 atom stereocenters. The van der Waals surface area contributed by atoms with Crippen molar-refractivity contribution in [1.82, 2.24) is 0 Å². The number of hydrogen-bond donors (Lipinski definition) is 1. The van der Waals surface area contributed by atoms with Crippen LogP contribution in [0.3, 0.4) is 0 Å². The quantitative estimate of drug-likeness (QED) is 0.0995. The van der Waals surface area contributed by atoms with Crippen LogP contribution in [0.1, 0.15) is 187 Å². The molecule has 2 nitrogen and oxygen atoms in total. The second-order valence-corrected chi connectivity index (χ2v) is 10.9. The lowest BCUT2D eigenvalue weighted by molar-refractivity contribution is 0.125. The Morgan fingerprint density at radius 3 is 0.824 bits per heavy atom. The van der Waals surface area contributed by atoms with Gasteiger partial charge in [0.05, 0.1) is 0 Å². The van der Waals surface area contributed by atoms with E-state index in [4.69, 9.17) is 9.84 Å². The van der Waals surface area contributed by atoms with Crippen molar-refractivity contribution in [2.24, 2.45) is 0 Å². The van der Waals surface area contributed by atoms with Crippen LogP contribution in [0.25, 0.3) is 0 Å².